The molecule has 1 aliphatic rings. The lowest BCUT2D eigenvalue weighted by molar-refractivity contribution is -0.110. The van der Waals surface area contributed by atoms with Crippen LogP contribution in [0.25, 0.3) is 0 Å². The van der Waals surface area contributed by atoms with Gasteiger partial charge in [-0.2, -0.15) is 5.06 Å². The summed E-state index contributed by atoms with van der Waals surface area (Å²) in [4.78, 5) is 7.67. The number of rotatable bonds is 5. The van der Waals surface area contributed by atoms with E-state index >= 15 is 0 Å². The second-order valence-electron chi connectivity index (χ2n) is 5.63. The van der Waals surface area contributed by atoms with Crippen LogP contribution in [0.15, 0.2) is 42.5 Å². The van der Waals surface area contributed by atoms with Crippen LogP contribution in [-0.2, 0) is 21.4 Å². The Hall–Kier alpha value is -1.25. The van der Waals surface area contributed by atoms with Gasteiger partial charge in [-0.15, -0.1) is 11.3 Å². The van der Waals surface area contributed by atoms with Gasteiger partial charge in [-0.05, 0) is 24.6 Å². The van der Waals surface area contributed by atoms with E-state index in [0.717, 1.165) is 15.3 Å². The van der Waals surface area contributed by atoms with Gasteiger partial charge in [-0.3, -0.25) is 4.84 Å². The lowest BCUT2D eigenvalue weighted by Gasteiger charge is -2.21. The van der Waals surface area contributed by atoms with Gasteiger partial charge in [0, 0.05) is 23.3 Å². The molecule has 1 N–H and O–H groups in total. The monoisotopic (exact) mass is 352 g/mol. The molecule has 2 atom stereocenters. The van der Waals surface area contributed by atoms with E-state index in [9.17, 15) is 8.42 Å². The van der Waals surface area contributed by atoms with Gasteiger partial charge in [0.05, 0.1) is 12.6 Å². The van der Waals surface area contributed by atoms with Gasteiger partial charge in [0.25, 0.3) is 0 Å². The molecule has 124 valence electrons. The molecular weight excluding hydrogens is 332 g/mol. The standard InChI is InChI=1S/C16H20N2O3S2/c1-12-8-9-14(22-12)16-15(11-21-18(16)2)23(19,20)17-10-13-6-4-3-5-7-13/h3-9,15-17H,10-11H2,1-2H3. The normalized spacial score (nSPS) is 22.5. The molecular formula is C16H20N2O3S2. The largest absolute Gasteiger partial charge is 0.297 e. The number of aryl methyl sites for hydroxylation is 1. The molecule has 0 saturated carbocycles. The Morgan fingerprint density at radius 3 is 2.65 bits per heavy atom. The predicted molar refractivity (Wildman–Crippen MR) is 91.5 cm³/mol. The van der Waals surface area contributed by atoms with E-state index < -0.39 is 15.3 Å². The van der Waals surface area contributed by atoms with Gasteiger partial charge in [-0.25, -0.2) is 13.1 Å². The lowest BCUT2D eigenvalue weighted by Crippen LogP contribution is -2.38. The number of nitrogens with one attached hydrogen (secondary N) is 1. The minimum Gasteiger partial charge on any atom is -0.297 e. The van der Waals surface area contributed by atoms with Gasteiger partial charge in [0.15, 0.2) is 0 Å². The highest BCUT2D eigenvalue weighted by Crippen LogP contribution is 2.36. The highest BCUT2D eigenvalue weighted by atomic mass is 32.2. The molecule has 7 heteroatoms. The molecule has 23 heavy (non-hydrogen) atoms. The summed E-state index contributed by atoms with van der Waals surface area (Å²) >= 11 is 1.61. The van der Waals surface area contributed by atoms with Crippen molar-refractivity contribution >= 4 is 21.4 Å². The average molecular weight is 352 g/mol. The van der Waals surface area contributed by atoms with Crippen molar-refractivity contribution < 1.29 is 13.3 Å². The maximum absolute atomic E-state index is 12.7. The zero-order valence-electron chi connectivity index (χ0n) is 13.1. The molecule has 3 rings (SSSR count). The van der Waals surface area contributed by atoms with Crippen LogP contribution in [0.1, 0.15) is 21.4 Å². The van der Waals surface area contributed by atoms with E-state index in [2.05, 4.69) is 4.72 Å². The van der Waals surface area contributed by atoms with Gasteiger partial charge in [0.1, 0.15) is 5.25 Å². The van der Waals surface area contributed by atoms with E-state index in [-0.39, 0.29) is 12.6 Å². The molecule has 5 nitrogen and oxygen atoms in total. The summed E-state index contributed by atoms with van der Waals surface area (Å²) < 4.78 is 28.2. The molecule has 1 aromatic heterocycles. The number of thiophene rings is 1. The molecule has 2 aromatic rings. The summed E-state index contributed by atoms with van der Waals surface area (Å²) in [5.41, 5.74) is 0.937. The first-order chi connectivity index (χ1) is 11.0. The van der Waals surface area contributed by atoms with Crippen molar-refractivity contribution in [2.75, 3.05) is 13.7 Å². The number of hydroxylamine groups is 2. The Morgan fingerprint density at radius 1 is 1.26 bits per heavy atom. The van der Waals surface area contributed by atoms with E-state index in [0.29, 0.717) is 6.54 Å². The van der Waals surface area contributed by atoms with Crippen LogP contribution >= 0.6 is 11.3 Å². The second-order valence-corrected chi connectivity index (χ2v) is 8.93. The first-order valence-electron chi connectivity index (χ1n) is 7.42. The number of hydrogen-bond acceptors (Lipinski definition) is 5. The van der Waals surface area contributed by atoms with Crippen LogP contribution in [0.4, 0.5) is 0 Å². The van der Waals surface area contributed by atoms with Gasteiger partial charge < -0.3 is 0 Å². The highest BCUT2D eigenvalue weighted by Gasteiger charge is 2.43. The zero-order valence-corrected chi connectivity index (χ0v) is 14.7. The highest BCUT2D eigenvalue weighted by molar-refractivity contribution is 7.90. The topological polar surface area (TPSA) is 58.6 Å². The van der Waals surface area contributed by atoms with Crippen LogP contribution in [-0.4, -0.2) is 32.4 Å². The van der Waals surface area contributed by atoms with Gasteiger partial charge >= 0.3 is 0 Å². The van der Waals surface area contributed by atoms with Crippen molar-refractivity contribution in [1.29, 1.82) is 0 Å². The first kappa shape index (κ1) is 16.6. The van der Waals surface area contributed by atoms with E-state index in [4.69, 9.17) is 4.84 Å². The maximum atomic E-state index is 12.7. The Morgan fingerprint density at radius 2 is 2.00 bits per heavy atom. The summed E-state index contributed by atoms with van der Waals surface area (Å²) in [6.07, 6.45) is 0. The van der Waals surface area contributed by atoms with Gasteiger partial charge in [0.2, 0.25) is 10.0 Å². The first-order valence-corrected chi connectivity index (χ1v) is 9.78. The second kappa shape index (κ2) is 6.70. The Kier molecular flexibility index (Phi) is 4.84. The summed E-state index contributed by atoms with van der Waals surface area (Å²) in [6, 6.07) is 13.2. The molecule has 0 spiro atoms. The fourth-order valence-electron chi connectivity index (χ4n) is 2.72. The minimum absolute atomic E-state index is 0.169. The summed E-state index contributed by atoms with van der Waals surface area (Å²) in [6.45, 7) is 2.48. The molecule has 1 fully saturated rings. The fraction of sp³-hybridized carbons (Fsp3) is 0.375. The Labute approximate surface area is 140 Å². The van der Waals surface area contributed by atoms with Crippen LogP contribution < -0.4 is 4.72 Å². The molecule has 0 amide bonds. The molecule has 1 aromatic carbocycles. The van der Waals surface area contributed by atoms with Crippen molar-refractivity contribution in [3.05, 3.63) is 57.8 Å². The summed E-state index contributed by atoms with van der Waals surface area (Å²) in [5, 5.41) is 1.03. The van der Waals surface area contributed by atoms with Crippen molar-refractivity contribution in [2.24, 2.45) is 0 Å². The van der Waals surface area contributed by atoms with Crippen LogP contribution in [0, 0.1) is 6.92 Å². The van der Waals surface area contributed by atoms with Crippen molar-refractivity contribution in [1.82, 2.24) is 9.79 Å². The number of nitrogens with zero attached hydrogens (tertiary/aromatic N) is 1. The van der Waals surface area contributed by atoms with Crippen molar-refractivity contribution in [3.8, 4) is 0 Å². The predicted octanol–water partition coefficient (Wildman–Crippen LogP) is 2.46. The number of benzene rings is 1. The number of hydrogen-bond donors (Lipinski definition) is 1. The van der Waals surface area contributed by atoms with Crippen molar-refractivity contribution in [2.45, 2.75) is 24.8 Å². The molecule has 2 heterocycles. The van der Waals surface area contributed by atoms with E-state index in [1.54, 1.807) is 23.4 Å². The number of sulfonamides is 1. The Balaban J connectivity index is 1.78. The molecule has 1 saturated heterocycles. The summed E-state index contributed by atoms with van der Waals surface area (Å²) in [5.74, 6) is 0. The third kappa shape index (κ3) is 3.64. The van der Waals surface area contributed by atoms with E-state index in [1.807, 2.05) is 49.4 Å². The van der Waals surface area contributed by atoms with Crippen LogP contribution in [0.5, 0.6) is 0 Å². The quantitative estimate of drug-likeness (QED) is 0.898. The Bertz CT molecular complexity index is 759. The smallest absolute Gasteiger partial charge is 0.219 e. The van der Waals surface area contributed by atoms with Crippen molar-refractivity contribution in [3.63, 3.8) is 0 Å². The van der Waals surface area contributed by atoms with E-state index in [1.165, 1.54) is 0 Å². The molecule has 0 aliphatic carbocycles. The molecule has 1 aliphatic heterocycles. The third-order valence-corrected chi connectivity index (χ3v) is 6.77. The zero-order chi connectivity index (χ0) is 16.4. The third-order valence-electron chi connectivity index (χ3n) is 3.96. The SMILES string of the molecule is Cc1ccc(C2C(S(=O)(=O)NCc3ccccc3)CON2C)s1. The van der Waals surface area contributed by atoms with Crippen LogP contribution in [0.3, 0.4) is 0 Å². The molecule has 0 bridgehead atoms. The summed E-state index contributed by atoms with van der Waals surface area (Å²) in [7, 11) is -1.71. The fourth-order valence-corrected chi connectivity index (χ4v) is 5.36. The van der Waals surface area contributed by atoms with Crippen LogP contribution in [0.2, 0.25) is 0 Å². The average Bonchev–Trinajstić information content (AvgIpc) is 3.12. The maximum Gasteiger partial charge on any atom is 0.219 e. The lowest BCUT2D eigenvalue weighted by atomic mass is 10.2. The molecule has 0 radical (unpaired) electrons. The van der Waals surface area contributed by atoms with Gasteiger partial charge in [-0.1, -0.05) is 30.3 Å². The minimum atomic E-state index is -3.49. The molecule has 2 unspecified atom stereocenters.